The summed E-state index contributed by atoms with van der Waals surface area (Å²) in [7, 11) is -11.7. The zero-order chi connectivity index (χ0) is 21.0. The number of benzene rings is 1. The predicted molar refractivity (Wildman–Crippen MR) is 73.4 cm³/mol. The van der Waals surface area contributed by atoms with E-state index in [0.717, 1.165) is 0 Å². The number of halogens is 6. The topological polar surface area (TPSA) is 109 Å². The van der Waals surface area contributed by atoms with E-state index in [9.17, 15) is 26.3 Å². The molecule has 0 fully saturated rings. The summed E-state index contributed by atoms with van der Waals surface area (Å²) in [5, 5.41) is 0. The summed E-state index contributed by atoms with van der Waals surface area (Å²) in [5.74, 6) is 0. The molecule has 2 rings (SSSR count). The molecule has 0 spiro atoms. The third-order valence-corrected chi connectivity index (χ3v) is 4.79. The second-order valence-corrected chi connectivity index (χ2v) is 8.66. The van der Waals surface area contributed by atoms with E-state index in [1.54, 1.807) is 24.7 Å². The van der Waals surface area contributed by atoms with Gasteiger partial charge in [0.05, 0.1) is 0 Å². The molecule has 0 saturated heterocycles. The van der Waals surface area contributed by atoms with Gasteiger partial charge in [-0.3, -0.25) is 9.11 Å². The van der Waals surface area contributed by atoms with Crippen LogP contribution in [-0.4, -0.2) is 37.0 Å². The number of fused-ring (bicyclic) bond motifs is 1. The molecule has 1 unspecified atom stereocenters. The molecule has 15 heteroatoms. The molecule has 0 radical (unpaired) electrons. The minimum atomic E-state index is -5.84. The molecule has 1 atom stereocenters. The van der Waals surface area contributed by atoms with E-state index in [2.05, 4.69) is 36.4 Å². The Morgan fingerprint density at radius 3 is 1.50 bits per heavy atom. The van der Waals surface area contributed by atoms with Crippen LogP contribution < -0.4 is 0 Å². The van der Waals surface area contributed by atoms with E-state index < -0.39 is 31.3 Å². The first-order chi connectivity index (χ1) is 11.4. The van der Waals surface area contributed by atoms with E-state index in [4.69, 9.17) is 25.9 Å². The summed E-state index contributed by atoms with van der Waals surface area (Å²) in [6.45, 7) is 0. The molecule has 2 N–H and O–H groups in total. The van der Waals surface area contributed by atoms with Gasteiger partial charge in [0.25, 0.3) is 0 Å². The van der Waals surface area contributed by atoms with Crippen LogP contribution in [-0.2, 0) is 45.0 Å². The van der Waals surface area contributed by atoms with E-state index in [1.165, 1.54) is 11.1 Å². The molecule has 0 amide bonds. The average Bonchev–Trinajstić information content (AvgIpc) is 2.78. The van der Waals surface area contributed by atoms with Crippen LogP contribution in [0.15, 0.2) is 30.3 Å². The van der Waals surface area contributed by atoms with Gasteiger partial charge in [0.15, 0.2) is 0 Å². The van der Waals surface area contributed by atoms with Crippen molar-refractivity contribution < 1.29 is 77.0 Å². The van der Waals surface area contributed by atoms with Crippen molar-refractivity contribution in [3.05, 3.63) is 41.5 Å². The van der Waals surface area contributed by atoms with Crippen LogP contribution in [0.25, 0.3) is 6.08 Å². The molecule has 0 heterocycles. The third kappa shape index (κ3) is 8.29. The fourth-order valence-corrected chi connectivity index (χ4v) is 2.13. The van der Waals surface area contributed by atoms with E-state index >= 15 is 0 Å². The first-order valence-corrected chi connectivity index (χ1v) is 10.2. The number of hydrogen-bond acceptors (Lipinski definition) is 4. The quantitative estimate of drug-likeness (QED) is 0.318. The van der Waals surface area contributed by atoms with Crippen molar-refractivity contribution in [1.29, 1.82) is 0 Å². The molecular weight excluding hydrogens is 497 g/mol. The maximum atomic E-state index is 10.7. The van der Waals surface area contributed by atoms with Gasteiger partial charge >= 0.3 is 107 Å². The number of alkyl halides is 6. The first kappa shape index (κ1) is 25.2. The summed E-state index contributed by atoms with van der Waals surface area (Å²) < 4.78 is 116. The molecule has 147 valence electrons. The predicted octanol–water partition coefficient (Wildman–Crippen LogP) is 3.09. The van der Waals surface area contributed by atoms with Crippen LogP contribution in [0.5, 0.6) is 0 Å². The second kappa shape index (κ2) is 8.96. The van der Waals surface area contributed by atoms with Gasteiger partial charge in [-0.1, -0.05) is 0 Å². The van der Waals surface area contributed by atoms with Crippen LogP contribution in [0.1, 0.15) is 14.8 Å². The standard InChI is InChI=1S/C9H7.2CHF3O3S.Zr/c1-2-5-9-7-3-6-8(9)4-1;2*2-1(3,4)8(5,6)7;/h1-7H;2*(H,5,6,7);. The molecule has 0 aliphatic heterocycles. The molecule has 1 aromatic carbocycles. The summed E-state index contributed by atoms with van der Waals surface area (Å²) in [4.78, 5) is 0. The maximum absolute atomic E-state index is 10.7. The SMILES string of the molecule is O=S(=O)(O)C(F)(F)F.O=S(=O)(O)C(F)(F)F.[Zr][CH]1C=Cc2ccccc21. The van der Waals surface area contributed by atoms with Gasteiger partial charge < -0.3 is 0 Å². The van der Waals surface area contributed by atoms with E-state index in [-0.39, 0.29) is 0 Å². The average molecular weight is 507 g/mol. The Bertz CT molecular complexity index is 803. The summed E-state index contributed by atoms with van der Waals surface area (Å²) in [6.07, 6.45) is 4.50. The van der Waals surface area contributed by atoms with Crippen molar-refractivity contribution in [3.63, 3.8) is 0 Å². The Labute approximate surface area is 159 Å². The third-order valence-electron chi connectivity index (χ3n) is 2.38. The molecule has 1 aliphatic rings. The van der Waals surface area contributed by atoms with Crippen molar-refractivity contribution in [2.75, 3.05) is 0 Å². The second-order valence-electron chi connectivity index (χ2n) is 4.31. The Balaban J connectivity index is 0.000000366. The molecule has 26 heavy (non-hydrogen) atoms. The van der Waals surface area contributed by atoms with Crippen LogP contribution in [0.2, 0.25) is 0 Å². The monoisotopic (exact) mass is 505 g/mol. The van der Waals surface area contributed by atoms with Gasteiger partial charge in [0.1, 0.15) is 0 Å². The van der Waals surface area contributed by atoms with Gasteiger partial charge in [-0.15, -0.1) is 0 Å². The molecule has 0 bridgehead atoms. The summed E-state index contributed by atoms with van der Waals surface area (Å²) in [6, 6.07) is 8.60. The summed E-state index contributed by atoms with van der Waals surface area (Å²) in [5.41, 5.74) is -8.16. The number of allylic oxidation sites excluding steroid dienone is 1. The Morgan fingerprint density at radius 2 is 1.19 bits per heavy atom. The van der Waals surface area contributed by atoms with E-state index in [1.807, 2.05) is 0 Å². The fraction of sp³-hybridized carbons (Fsp3) is 0.273. The number of hydrogen-bond donors (Lipinski definition) is 2. The van der Waals surface area contributed by atoms with Crippen LogP contribution in [0.4, 0.5) is 26.3 Å². The summed E-state index contributed by atoms with van der Waals surface area (Å²) >= 11 is 1.59. The van der Waals surface area contributed by atoms with Gasteiger partial charge in [-0.05, 0) is 0 Å². The molecule has 0 saturated carbocycles. The van der Waals surface area contributed by atoms with Crippen molar-refractivity contribution in [2.45, 2.75) is 14.6 Å². The zero-order valence-electron chi connectivity index (χ0n) is 12.2. The van der Waals surface area contributed by atoms with Crippen molar-refractivity contribution >= 4 is 26.3 Å². The molecular formula is C11H9F6O6S2Zr. The molecule has 6 nitrogen and oxygen atoms in total. The van der Waals surface area contributed by atoms with Crippen LogP contribution >= 0.6 is 0 Å². The molecule has 1 aliphatic carbocycles. The molecule has 1 aromatic rings. The normalized spacial score (nSPS) is 16.7. The number of rotatable bonds is 0. The van der Waals surface area contributed by atoms with E-state index in [0.29, 0.717) is 3.63 Å². The van der Waals surface area contributed by atoms with Gasteiger partial charge in [0, 0.05) is 0 Å². The van der Waals surface area contributed by atoms with Gasteiger partial charge in [-0.2, -0.15) is 43.2 Å². The fourth-order valence-electron chi connectivity index (χ4n) is 1.25. The minimum absolute atomic E-state index is 0.711. The van der Waals surface area contributed by atoms with Crippen molar-refractivity contribution in [1.82, 2.24) is 0 Å². The van der Waals surface area contributed by atoms with Gasteiger partial charge in [0.2, 0.25) is 0 Å². The van der Waals surface area contributed by atoms with Crippen LogP contribution in [0.3, 0.4) is 0 Å². The van der Waals surface area contributed by atoms with Crippen molar-refractivity contribution in [3.8, 4) is 0 Å². The Hall–Kier alpha value is -0.757. The molecule has 0 aromatic heterocycles. The Kier molecular flexibility index (Phi) is 8.69. The van der Waals surface area contributed by atoms with Crippen molar-refractivity contribution in [2.24, 2.45) is 0 Å². The first-order valence-electron chi connectivity index (χ1n) is 5.93. The Morgan fingerprint density at radius 1 is 0.846 bits per heavy atom. The zero-order valence-corrected chi connectivity index (χ0v) is 16.2. The van der Waals surface area contributed by atoms with Gasteiger partial charge in [-0.25, -0.2) is 0 Å². The van der Waals surface area contributed by atoms with Crippen LogP contribution in [0, 0.1) is 0 Å².